The van der Waals surface area contributed by atoms with Gasteiger partial charge in [-0.25, -0.2) is 0 Å². The Bertz CT molecular complexity index is 1950. The average molecular weight is 1640 g/mol. The van der Waals surface area contributed by atoms with Crippen molar-refractivity contribution in [3.05, 3.63) is 0 Å². The summed E-state index contributed by atoms with van der Waals surface area (Å²) in [5, 5.41) is 29.9. The summed E-state index contributed by atoms with van der Waals surface area (Å²) in [4.78, 5) is 60.6. The number of hydrogen-bond donors (Lipinski definition) is 4. The van der Waals surface area contributed by atoms with E-state index in [4.69, 9.17) is 32.5 Å². The normalized spacial score (nSPS) is 13.3. The van der Waals surface area contributed by atoms with Crippen molar-refractivity contribution < 1.29 is 61.9 Å². The molecule has 4 N–H and O–H groups in total. The van der Waals surface area contributed by atoms with E-state index < -0.39 is 28.8 Å². The number of nitrogens with zero attached hydrogens (tertiary/aromatic N) is 4. The Morgan fingerprint density at radius 1 is 0.310 bits per heavy atom. The second-order valence-electron chi connectivity index (χ2n) is 34.6. The lowest BCUT2D eigenvalue weighted by molar-refractivity contribution is -0.146. The predicted molar refractivity (Wildman–Crippen MR) is 480 cm³/mol. The maximum Gasteiger partial charge on any atom is 0.320 e. The Hall–Kier alpha value is -2.13. The topological polar surface area (TPSA) is 210 Å². The average Bonchev–Trinajstić information content (AvgIpc) is 0.867. The number of hydrogen-bond acceptors (Lipinski definition) is 19. The third kappa shape index (κ3) is 75.8. The van der Waals surface area contributed by atoms with Crippen molar-refractivity contribution in [2.24, 2.45) is 0 Å². The first-order valence-electron chi connectivity index (χ1n) is 47.9. The van der Waals surface area contributed by atoms with Gasteiger partial charge >= 0.3 is 23.9 Å². The summed E-state index contributed by atoms with van der Waals surface area (Å²) in [7, 11) is -0.186. The van der Waals surface area contributed by atoms with E-state index in [0.29, 0.717) is 78.4 Å². The molecule has 19 nitrogen and oxygen atoms in total. The molecule has 0 spiro atoms. The highest BCUT2D eigenvalue weighted by atomic mass is 28.4. The fraction of sp³-hybridized carbons (Fsp3) is 0.957. The van der Waals surface area contributed by atoms with Crippen LogP contribution in [-0.4, -0.2) is 240 Å². The van der Waals surface area contributed by atoms with Gasteiger partial charge < -0.3 is 63.2 Å². The molecule has 0 aromatic carbocycles. The molecule has 0 aliphatic carbocycles. The van der Waals surface area contributed by atoms with Crippen LogP contribution in [0.25, 0.3) is 0 Å². The Labute approximate surface area is 699 Å². The molecule has 0 heterocycles. The number of unbranched alkanes of at least 4 members (excludes halogenated alkanes) is 36. The van der Waals surface area contributed by atoms with E-state index in [9.17, 15) is 29.4 Å². The van der Waals surface area contributed by atoms with E-state index in [1.807, 2.05) is 14.1 Å². The maximum absolute atomic E-state index is 13.0. The standard InChI is InChI=1S/C92H188N6O13Si2/c1-13-19-23-27-31-35-39-43-47-51-73-107-89(101)61-59-85(93-7)63-69-97(67-55-65-95(17-5)81-91(103)109-75-53-49-45-41-37-33-29-25-21-15-3)79-87(99)83-105-71-57-77-112(9,10)111-113(11,12)78-58-72-106-84-88(100)80-98(68-56-66-96(18-6)82-92(104)110-76-54-50-46-42-38-34-30-26-22-16-4)70-64-86(94-8)60-62-90(102)108-74-52-48-44-40-36-32-28-24-20-14-2/h85-88,93-94,99-100H,13-84H2,1-12H3. The van der Waals surface area contributed by atoms with Gasteiger partial charge in [-0.05, 0) is 182 Å². The molecule has 0 amide bonds. The Morgan fingerprint density at radius 3 is 0.832 bits per heavy atom. The molecule has 0 radical (unpaired) electrons. The smallest absolute Gasteiger partial charge is 0.320 e. The lowest BCUT2D eigenvalue weighted by Crippen LogP contribution is -2.44. The molecule has 672 valence electrons. The van der Waals surface area contributed by atoms with E-state index in [2.05, 4.69) is 98.0 Å². The van der Waals surface area contributed by atoms with Crippen LogP contribution in [0, 0.1) is 0 Å². The van der Waals surface area contributed by atoms with Crippen LogP contribution in [0.2, 0.25) is 38.3 Å². The summed E-state index contributed by atoms with van der Waals surface area (Å²) >= 11 is 0. The largest absolute Gasteiger partial charge is 0.466 e. The first-order chi connectivity index (χ1) is 54.8. The molecule has 0 saturated carbocycles. The van der Waals surface area contributed by atoms with Crippen molar-refractivity contribution in [2.45, 2.75) is 425 Å². The fourth-order valence-corrected chi connectivity index (χ4v) is 24.1. The molecule has 4 unspecified atom stereocenters. The minimum atomic E-state index is -2.05. The van der Waals surface area contributed by atoms with Crippen LogP contribution in [-0.2, 0) is 51.7 Å². The Morgan fingerprint density at radius 2 is 0.566 bits per heavy atom. The monoisotopic (exact) mass is 1640 g/mol. The second kappa shape index (κ2) is 80.9. The molecule has 21 heteroatoms. The van der Waals surface area contributed by atoms with Crippen molar-refractivity contribution in [2.75, 3.05) is 145 Å². The van der Waals surface area contributed by atoms with Gasteiger partial charge in [-0.3, -0.25) is 29.0 Å². The minimum Gasteiger partial charge on any atom is -0.466 e. The number of ether oxygens (including phenoxy) is 6. The van der Waals surface area contributed by atoms with Gasteiger partial charge in [-0.2, -0.15) is 0 Å². The van der Waals surface area contributed by atoms with E-state index in [1.165, 1.54) is 205 Å². The van der Waals surface area contributed by atoms with Crippen molar-refractivity contribution >= 4 is 40.5 Å². The number of carbonyl (C=O) groups is 4. The number of nitrogens with one attached hydrogen (secondary N) is 2. The lowest BCUT2D eigenvalue weighted by atomic mass is 10.1. The Balaban J connectivity index is 5.44. The molecular formula is C92H188N6O13Si2. The van der Waals surface area contributed by atoms with Crippen molar-refractivity contribution in [3.63, 3.8) is 0 Å². The van der Waals surface area contributed by atoms with Gasteiger partial charge in [0, 0.05) is 51.2 Å². The van der Waals surface area contributed by atoms with Crippen molar-refractivity contribution in [3.8, 4) is 0 Å². The zero-order valence-electron chi connectivity index (χ0n) is 76.4. The molecule has 0 rings (SSSR count). The molecule has 0 bridgehead atoms. The SMILES string of the molecule is CCCCCCCCCCCCOC(=O)CCC(CCN(CCCN(CC)CC(=O)OCCCCCCCCCCCC)CC(O)COCCC[Si](C)(C)O[Si](C)(C)CCCOCC(O)CN(CCCN(CC)CC(=O)OCCCCCCCCCCCC)CCC(CCC(=O)OCCCCCCCCCCCC)NC)NC. The van der Waals surface area contributed by atoms with Crippen LogP contribution in [0.5, 0.6) is 0 Å². The molecular weight excluding hydrogens is 1450 g/mol. The zero-order chi connectivity index (χ0) is 83.2. The van der Waals surface area contributed by atoms with Crippen LogP contribution >= 0.6 is 0 Å². The summed E-state index contributed by atoms with van der Waals surface area (Å²) in [5.41, 5.74) is 0. The molecule has 0 aliphatic rings. The maximum atomic E-state index is 13.0. The predicted octanol–water partition coefficient (Wildman–Crippen LogP) is 20.3. The molecule has 113 heavy (non-hydrogen) atoms. The molecule has 0 fully saturated rings. The van der Waals surface area contributed by atoms with Gasteiger partial charge in [0.2, 0.25) is 0 Å². The number of likely N-dealkylation sites (N-methyl/N-ethyl adjacent to an activating group) is 2. The van der Waals surface area contributed by atoms with Crippen molar-refractivity contribution in [1.82, 2.24) is 30.2 Å². The number of aliphatic hydroxyl groups excluding tert-OH is 2. The lowest BCUT2D eigenvalue weighted by Gasteiger charge is -2.34. The van der Waals surface area contributed by atoms with Crippen molar-refractivity contribution in [1.29, 1.82) is 0 Å². The van der Waals surface area contributed by atoms with Gasteiger partial charge in [-0.15, -0.1) is 0 Å². The quantitative estimate of drug-likeness (QED) is 0.0193. The number of carbonyl (C=O) groups excluding carboxylic acids is 4. The van der Waals surface area contributed by atoms with E-state index in [0.717, 1.165) is 154 Å². The molecule has 0 aliphatic heterocycles. The van der Waals surface area contributed by atoms with E-state index >= 15 is 0 Å². The molecule has 0 aromatic heterocycles. The third-order valence-electron chi connectivity index (χ3n) is 22.6. The highest BCUT2D eigenvalue weighted by Crippen LogP contribution is 2.25. The summed E-state index contributed by atoms with van der Waals surface area (Å²) in [6.45, 7) is 33.4. The van der Waals surface area contributed by atoms with Gasteiger partial charge in [0.25, 0.3) is 0 Å². The van der Waals surface area contributed by atoms with Gasteiger partial charge in [0.15, 0.2) is 16.6 Å². The fourth-order valence-electron chi connectivity index (χ4n) is 15.3. The highest BCUT2D eigenvalue weighted by Gasteiger charge is 2.33. The number of esters is 4. The highest BCUT2D eigenvalue weighted by molar-refractivity contribution is 6.84. The first kappa shape index (κ1) is 111. The van der Waals surface area contributed by atoms with E-state index in [1.54, 1.807) is 0 Å². The summed E-state index contributed by atoms with van der Waals surface area (Å²) < 4.78 is 42.2. The van der Waals surface area contributed by atoms with Gasteiger partial charge in [-0.1, -0.05) is 273 Å². The first-order valence-corrected chi connectivity index (χ1v) is 54.1. The molecule has 4 atom stereocenters. The minimum absolute atomic E-state index is 0.122. The van der Waals surface area contributed by atoms with Crippen LogP contribution in [0.3, 0.4) is 0 Å². The summed E-state index contributed by atoms with van der Waals surface area (Å²) in [5.74, 6) is -0.581. The third-order valence-corrected chi connectivity index (χ3v) is 30.1. The zero-order valence-corrected chi connectivity index (χ0v) is 78.4. The number of rotatable bonds is 90. The van der Waals surface area contributed by atoms with E-state index in [-0.39, 0.29) is 62.3 Å². The Kier molecular flexibility index (Phi) is 79.4. The molecule has 0 aromatic rings. The van der Waals surface area contributed by atoms with Crippen LogP contribution in [0.1, 0.15) is 363 Å². The van der Waals surface area contributed by atoms with Crippen LogP contribution < -0.4 is 10.6 Å². The van der Waals surface area contributed by atoms with Gasteiger partial charge in [0.05, 0.1) is 64.9 Å². The summed E-state index contributed by atoms with van der Waals surface area (Å²) in [6, 6.07) is 2.15. The second-order valence-corrected chi connectivity index (χ2v) is 43.4. The van der Waals surface area contributed by atoms with Crippen LogP contribution in [0.4, 0.5) is 0 Å². The molecule has 0 saturated heterocycles. The van der Waals surface area contributed by atoms with Gasteiger partial charge in [0.1, 0.15) is 0 Å². The summed E-state index contributed by atoms with van der Waals surface area (Å²) in [6.07, 6.45) is 55.5. The number of aliphatic hydroxyl groups is 2. The van der Waals surface area contributed by atoms with Crippen LogP contribution in [0.15, 0.2) is 0 Å².